The second-order valence-electron chi connectivity index (χ2n) is 5.58. The standard InChI is InChI=1S/C15H20N2O6.ClH/c18-9-3-12(16-5-9)15(20)17-6-10(19)7-21-11-1-2-13-14(4-11)23-8-22-13;/h1-2,4,9-10,12,16,18-19H,3,5-8H2,(H,17,20);1H. The molecule has 1 amide bonds. The molecule has 1 aromatic rings. The first-order chi connectivity index (χ1) is 11.1. The summed E-state index contributed by atoms with van der Waals surface area (Å²) < 4.78 is 15.9. The van der Waals surface area contributed by atoms with Gasteiger partial charge in [0.05, 0.1) is 12.1 Å². The topological polar surface area (TPSA) is 109 Å². The van der Waals surface area contributed by atoms with E-state index >= 15 is 0 Å². The Balaban J connectivity index is 0.00000208. The molecule has 0 bridgehead atoms. The highest BCUT2D eigenvalue weighted by Crippen LogP contribution is 2.35. The van der Waals surface area contributed by atoms with Crippen molar-refractivity contribution in [3.05, 3.63) is 18.2 Å². The number of hydrogen-bond donors (Lipinski definition) is 4. The minimum Gasteiger partial charge on any atom is -0.491 e. The van der Waals surface area contributed by atoms with Crippen LogP contribution in [0.3, 0.4) is 0 Å². The first-order valence-electron chi connectivity index (χ1n) is 7.51. The number of rotatable bonds is 6. The van der Waals surface area contributed by atoms with E-state index in [2.05, 4.69) is 10.6 Å². The molecule has 9 heteroatoms. The third kappa shape index (κ3) is 4.64. The van der Waals surface area contributed by atoms with E-state index in [4.69, 9.17) is 14.2 Å². The number of fused-ring (bicyclic) bond motifs is 1. The summed E-state index contributed by atoms with van der Waals surface area (Å²) in [7, 11) is 0. The summed E-state index contributed by atoms with van der Waals surface area (Å²) in [6.45, 7) is 0.726. The van der Waals surface area contributed by atoms with Crippen LogP contribution in [-0.4, -0.2) is 60.9 Å². The van der Waals surface area contributed by atoms with Crippen LogP contribution >= 0.6 is 12.4 Å². The quantitative estimate of drug-likeness (QED) is 0.537. The zero-order chi connectivity index (χ0) is 16.2. The van der Waals surface area contributed by atoms with Gasteiger partial charge in [-0.15, -0.1) is 12.4 Å². The maximum Gasteiger partial charge on any atom is 0.237 e. The van der Waals surface area contributed by atoms with E-state index in [0.717, 1.165) is 0 Å². The molecule has 3 unspecified atom stereocenters. The van der Waals surface area contributed by atoms with E-state index in [9.17, 15) is 15.0 Å². The Bertz CT molecular complexity index is 573. The highest BCUT2D eigenvalue weighted by atomic mass is 35.5. The molecule has 0 aromatic heterocycles. The Labute approximate surface area is 145 Å². The van der Waals surface area contributed by atoms with Gasteiger partial charge in [0.25, 0.3) is 0 Å². The highest BCUT2D eigenvalue weighted by Gasteiger charge is 2.28. The first-order valence-corrected chi connectivity index (χ1v) is 7.51. The highest BCUT2D eigenvalue weighted by molar-refractivity contribution is 5.85. The van der Waals surface area contributed by atoms with Gasteiger partial charge in [-0.2, -0.15) is 0 Å². The molecule has 0 saturated carbocycles. The van der Waals surface area contributed by atoms with Gasteiger partial charge in [0, 0.05) is 19.2 Å². The number of benzene rings is 1. The Morgan fingerprint density at radius 2 is 2.21 bits per heavy atom. The van der Waals surface area contributed by atoms with E-state index in [1.54, 1.807) is 18.2 Å². The summed E-state index contributed by atoms with van der Waals surface area (Å²) in [5.41, 5.74) is 0. The number of hydrogen-bond acceptors (Lipinski definition) is 7. The van der Waals surface area contributed by atoms with Crippen LogP contribution in [0.5, 0.6) is 17.2 Å². The number of amides is 1. The summed E-state index contributed by atoms with van der Waals surface area (Å²) in [5.74, 6) is 1.59. The molecule has 3 rings (SSSR count). The van der Waals surface area contributed by atoms with Crippen molar-refractivity contribution < 1.29 is 29.2 Å². The monoisotopic (exact) mass is 360 g/mol. The Morgan fingerprint density at radius 1 is 1.42 bits per heavy atom. The van der Waals surface area contributed by atoms with Gasteiger partial charge in [-0.1, -0.05) is 0 Å². The van der Waals surface area contributed by atoms with Gasteiger partial charge in [0.2, 0.25) is 12.7 Å². The molecule has 8 nitrogen and oxygen atoms in total. The third-order valence-corrected chi connectivity index (χ3v) is 3.72. The van der Waals surface area contributed by atoms with E-state index in [-0.39, 0.29) is 38.3 Å². The summed E-state index contributed by atoms with van der Waals surface area (Å²) in [6, 6.07) is 4.75. The smallest absolute Gasteiger partial charge is 0.237 e. The van der Waals surface area contributed by atoms with Gasteiger partial charge in [0.1, 0.15) is 18.5 Å². The molecule has 2 heterocycles. The Hall–Kier alpha value is -1.74. The van der Waals surface area contributed by atoms with Crippen LogP contribution in [0.2, 0.25) is 0 Å². The van der Waals surface area contributed by atoms with E-state index in [1.165, 1.54) is 0 Å². The summed E-state index contributed by atoms with van der Waals surface area (Å²) in [4.78, 5) is 11.8. The van der Waals surface area contributed by atoms with Crippen LogP contribution in [0.25, 0.3) is 0 Å². The van der Waals surface area contributed by atoms with Gasteiger partial charge in [-0.05, 0) is 18.6 Å². The van der Waals surface area contributed by atoms with Crippen LogP contribution in [-0.2, 0) is 4.79 Å². The van der Waals surface area contributed by atoms with Crippen molar-refractivity contribution in [2.24, 2.45) is 0 Å². The zero-order valence-corrected chi connectivity index (χ0v) is 13.8. The molecule has 0 radical (unpaired) electrons. The maximum absolute atomic E-state index is 11.8. The lowest BCUT2D eigenvalue weighted by Crippen LogP contribution is -2.44. The van der Waals surface area contributed by atoms with Crippen LogP contribution in [0, 0.1) is 0 Å². The van der Waals surface area contributed by atoms with Crippen LogP contribution in [0.15, 0.2) is 18.2 Å². The van der Waals surface area contributed by atoms with Gasteiger partial charge in [-0.25, -0.2) is 0 Å². The van der Waals surface area contributed by atoms with Crippen LogP contribution < -0.4 is 24.8 Å². The molecule has 1 fully saturated rings. The predicted molar refractivity (Wildman–Crippen MR) is 86.7 cm³/mol. The second-order valence-corrected chi connectivity index (χ2v) is 5.58. The fourth-order valence-electron chi connectivity index (χ4n) is 2.48. The number of ether oxygens (including phenoxy) is 3. The third-order valence-electron chi connectivity index (χ3n) is 3.72. The fourth-order valence-corrected chi connectivity index (χ4v) is 2.48. The second kappa shape index (κ2) is 8.39. The lowest BCUT2D eigenvalue weighted by Gasteiger charge is -2.15. The molecular weight excluding hydrogens is 340 g/mol. The number of aliphatic hydroxyl groups is 2. The minimum absolute atomic E-state index is 0. The lowest BCUT2D eigenvalue weighted by atomic mass is 10.2. The number of nitrogens with one attached hydrogen (secondary N) is 2. The average Bonchev–Trinajstić information content (AvgIpc) is 3.18. The summed E-state index contributed by atoms with van der Waals surface area (Å²) in [6.07, 6.45) is -0.948. The molecule has 1 saturated heterocycles. The van der Waals surface area contributed by atoms with Crippen molar-refractivity contribution in [2.45, 2.75) is 24.7 Å². The summed E-state index contributed by atoms with van der Waals surface area (Å²) >= 11 is 0. The first kappa shape index (κ1) is 18.6. The van der Waals surface area contributed by atoms with E-state index in [0.29, 0.717) is 30.2 Å². The molecular formula is C15H21ClN2O6. The number of β-amino-alcohol motifs (C(OH)–C–C–N with tert-alkyl or cyclic N) is 1. The molecule has 0 aliphatic carbocycles. The largest absolute Gasteiger partial charge is 0.491 e. The molecule has 3 atom stereocenters. The van der Waals surface area contributed by atoms with Gasteiger partial charge >= 0.3 is 0 Å². The Kier molecular flexibility index (Phi) is 6.50. The fraction of sp³-hybridized carbons (Fsp3) is 0.533. The van der Waals surface area contributed by atoms with E-state index in [1.807, 2.05) is 0 Å². The van der Waals surface area contributed by atoms with Crippen LogP contribution in [0.4, 0.5) is 0 Å². The van der Waals surface area contributed by atoms with Crippen LogP contribution in [0.1, 0.15) is 6.42 Å². The zero-order valence-electron chi connectivity index (χ0n) is 12.9. The summed E-state index contributed by atoms with van der Waals surface area (Å²) in [5, 5.41) is 24.8. The molecule has 24 heavy (non-hydrogen) atoms. The maximum atomic E-state index is 11.8. The number of aliphatic hydroxyl groups excluding tert-OH is 2. The molecule has 4 N–H and O–H groups in total. The van der Waals surface area contributed by atoms with Crippen molar-refractivity contribution in [1.29, 1.82) is 0 Å². The molecule has 1 aromatic carbocycles. The molecule has 2 aliphatic rings. The average molecular weight is 361 g/mol. The normalized spacial score (nSPS) is 22.6. The van der Waals surface area contributed by atoms with Crippen molar-refractivity contribution in [1.82, 2.24) is 10.6 Å². The van der Waals surface area contributed by atoms with E-state index < -0.39 is 18.2 Å². The number of halogens is 1. The van der Waals surface area contributed by atoms with Gasteiger partial charge in [-0.3, -0.25) is 4.79 Å². The number of carbonyl (C=O) groups is 1. The van der Waals surface area contributed by atoms with Crippen molar-refractivity contribution >= 4 is 18.3 Å². The predicted octanol–water partition coefficient (Wildman–Crippen LogP) is -0.584. The molecule has 0 spiro atoms. The minimum atomic E-state index is -0.837. The van der Waals surface area contributed by atoms with Crippen molar-refractivity contribution in [2.75, 3.05) is 26.5 Å². The molecule has 134 valence electrons. The SMILES string of the molecule is Cl.O=C(NCC(O)COc1ccc2c(c1)OCO2)C1CC(O)CN1. The van der Waals surface area contributed by atoms with Crippen molar-refractivity contribution in [3.8, 4) is 17.2 Å². The Morgan fingerprint density at radius 3 is 2.96 bits per heavy atom. The molecule has 2 aliphatic heterocycles. The van der Waals surface area contributed by atoms with Crippen molar-refractivity contribution in [3.63, 3.8) is 0 Å². The van der Waals surface area contributed by atoms with Gasteiger partial charge < -0.3 is 35.1 Å². The lowest BCUT2D eigenvalue weighted by molar-refractivity contribution is -0.123. The number of carbonyl (C=O) groups excluding carboxylic acids is 1. The van der Waals surface area contributed by atoms with Gasteiger partial charge in [0.15, 0.2) is 11.5 Å².